The second kappa shape index (κ2) is 9.65. The summed E-state index contributed by atoms with van der Waals surface area (Å²) in [7, 11) is 0. The fourth-order valence-electron chi connectivity index (χ4n) is 5.95. The van der Waals surface area contributed by atoms with Crippen LogP contribution in [0, 0.1) is 0 Å². The van der Waals surface area contributed by atoms with Gasteiger partial charge in [0.25, 0.3) is 0 Å². The lowest BCUT2D eigenvalue weighted by Gasteiger charge is -2.28. The highest BCUT2D eigenvalue weighted by atomic mass is 15.1. The average molecular weight is 494 g/mol. The third-order valence-electron chi connectivity index (χ3n) is 8.29. The van der Waals surface area contributed by atoms with E-state index in [2.05, 4.69) is 148 Å². The topological polar surface area (TPSA) is 3.24 Å². The van der Waals surface area contributed by atoms with E-state index >= 15 is 0 Å². The molecule has 0 saturated carbocycles. The van der Waals surface area contributed by atoms with Gasteiger partial charge in [-0.1, -0.05) is 92.7 Å². The molecule has 1 heteroatoms. The van der Waals surface area contributed by atoms with E-state index in [0.29, 0.717) is 0 Å². The van der Waals surface area contributed by atoms with Crippen LogP contribution in [0.1, 0.15) is 62.8 Å². The van der Waals surface area contributed by atoms with E-state index in [1.54, 1.807) is 0 Å². The van der Waals surface area contributed by atoms with Crippen LogP contribution >= 0.6 is 0 Å². The van der Waals surface area contributed by atoms with Crippen molar-refractivity contribution in [1.29, 1.82) is 0 Å². The molecule has 2 aliphatic carbocycles. The predicted octanol–water partition coefficient (Wildman–Crippen LogP) is 10.6. The highest BCUT2D eigenvalue weighted by Gasteiger charge is 2.35. The zero-order valence-electron chi connectivity index (χ0n) is 22.8. The zero-order valence-corrected chi connectivity index (χ0v) is 22.8. The molecule has 38 heavy (non-hydrogen) atoms. The van der Waals surface area contributed by atoms with Crippen LogP contribution in [0.3, 0.4) is 0 Å². The maximum absolute atomic E-state index is 2.40. The van der Waals surface area contributed by atoms with Crippen LogP contribution < -0.4 is 4.90 Å². The summed E-state index contributed by atoms with van der Waals surface area (Å²) in [6, 6.07) is 33.8. The minimum atomic E-state index is -0.0376. The Hall–Kier alpha value is -4.10. The molecule has 0 radical (unpaired) electrons. The van der Waals surface area contributed by atoms with Crippen molar-refractivity contribution in [2.24, 2.45) is 0 Å². The van der Waals surface area contributed by atoms with Crippen LogP contribution in [0.5, 0.6) is 0 Å². The molecule has 188 valence electrons. The molecule has 0 spiro atoms. The molecule has 1 nitrogen and oxygen atoms in total. The molecule has 0 bridgehead atoms. The normalized spacial score (nSPS) is 15.6. The van der Waals surface area contributed by atoms with E-state index < -0.39 is 0 Å². The first-order valence-corrected chi connectivity index (χ1v) is 13.7. The van der Waals surface area contributed by atoms with Crippen LogP contribution in [0.15, 0.2) is 115 Å². The first-order chi connectivity index (χ1) is 18.5. The Kier molecular flexibility index (Phi) is 6.16. The van der Waals surface area contributed by atoms with Crippen molar-refractivity contribution < 1.29 is 0 Å². The van der Waals surface area contributed by atoms with Crippen molar-refractivity contribution in [3.8, 4) is 11.1 Å². The maximum atomic E-state index is 2.40. The van der Waals surface area contributed by atoms with Crippen LogP contribution in [0.2, 0.25) is 0 Å². The number of benzene rings is 4. The van der Waals surface area contributed by atoms with Gasteiger partial charge < -0.3 is 4.90 Å². The van der Waals surface area contributed by atoms with Crippen LogP contribution in [0.4, 0.5) is 17.1 Å². The van der Waals surface area contributed by atoms with Gasteiger partial charge in [0.15, 0.2) is 0 Å². The van der Waals surface area contributed by atoms with Gasteiger partial charge in [0.1, 0.15) is 0 Å². The van der Waals surface area contributed by atoms with Gasteiger partial charge in [-0.05, 0) is 108 Å². The molecule has 0 N–H and O–H groups in total. The van der Waals surface area contributed by atoms with E-state index in [9.17, 15) is 0 Å². The number of rotatable bonds is 5. The molecule has 2 aliphatic rings. The highest BCUT2D eigenvalue weighted by Crippen LogP contribution is 2.50. The maximum Gasteiger partial charge on any atom is 0.0465 e. The molecular formula is C37H35N. The zero-order chi connectivity index (χ0) is 26.3. The molecule has 0 aromatic heterocycles. The molecule has 4 aromatic carbocycles. The molecule has 4 aromatic rings. The lowest BCUT2D eigenvalue weighted by Crippen LogP contribution is -2.16. The van der Waals surface area contributed by atoms with Gasteiger partial charge in [-0.3, -0.25) is 0 Å². The molecule has 0 amide bonds. The third kappa shape index (κ3) is 4.13. The summed E-state index contributed by atoms with van der Waals surface area (Å²) in [6.07, 6.45) is 11.3. The summed E-state index contributed by atoms with van der Waals surface area (Å²) in [5.74, 6) is 0. The van der Waals surface area contributed by atoms with Crippen molar-refractivity contribution >= 4 is 28.2 Å². The third-order valence-corrected chi connectivity index (χ3v) is 8.29. The van der Waals surface area contributed by atoms with Crippen LogP contribution in [-0.2, 0) is 5.41 Å². The number of anilines is 3. The largest absolute Gasteiger partial charge is 0.310 e. The molecule has 6 rings (SSSR count). The van der Waals surface area contributed by atoms with Crippen molar-refractivity contribution in [3.63, 3.8) is 0 Å². The second-order valence-electron chi connectivity index (χ2n) is 10.9. The molecule has 0 saturated heterocycles. The van der Waals surface area contributed by atoms with Gasteiger partial charge in [0.05, 0.1) is 0 Å². The fraction of sp³-hybridized carbons (Fsp3) is 0.189. The lowest BCUT2D eigenvalue weighted by atomic mass is 9.82. The van der Waals surface area contributed by atoms with Gasteiger partial charge in [-0.25, -0.2) is 0 Å². The van der Waals surface area contributed by atoms with Gasteiger partial charge in [-0.15, -0.1) is 0 Å². The minimum Gasteiger partial charge on any atom is -0.310 e. The number of allylic oxidation sites excluding steroid dienone is 6. The van der Waals surface area contributed by atoms with Crippen molar-refractivity contribution in [3.05, 3.63) is 138 Å². The van der Waals surface area contributed by atoms with E-state index in [1.807, 2.05) is 0 Å². The standard InChI is InChI=1S/C37H35N/c1-5-26(2)27-15-19-30(20-16-27)38(31-21-17-29(18-22-31)28-11-7-6-8-12-28)32-23-24-34-33-13-9-10-14-35(33)37(3,4)36(34)25-32/h5,7,9-25H,6,8H2,1-4H3/b26-5+. The molecule has 0 fully saturated rings. The SMILES string of the molecule is C/C=C(\C)c1ccc(N(c2ccc(C3=CCCC=C3)cc2)c2ccc3c(c2)C(C)(C)c2ccccc2-3)cc1. The summed E-state index contributed by atoms with van der Waals surface area (Å²) >= 11 is 0. The van der Waals surface area contributed by atoms with Crippen molar-refractivity contribution in [2.75, 3.05) is 4.90 Å². The van der Waals surface area contributed by atoms with Crippen LogP contribution in [-0.4, -0.2) is 0 Å². The second-order valence-corrected chi connectivity index (χ2v) is 10.9. The number of fused-ring (bicyclic) bond motifs is 3. The summed E-state index contributed by atoms with van der Waals surface area (Å²) in [6.45, 7) is 8.96. The van der Waals surface area contributed by atoms with E-state index in [1.165, 1.54) is 50.2 Å². The molecule has 0 unspecified atom stereocenters. The first-order valence-electron chi connectivity index (χ1n) is 13.7. The summed E-state index contributed by atoms with van der Waals surface area (Å²) < 4.78 is 0. The first kappa shape index (κ1) is 24.2. The molecule has 0 aliphatic heterocycles. The van der Waals surface area contributed by atoms with Crippen molar-refractivity contribution in [2.45, 2.75) is 46.0 Å². The Morgan fingerprint density at radius 2 is 1.39 bits per heavy atom. The minimum absolute atomic E-state index is 0.0376. The average Bonchev–Trinajstić information content (AvgIpc) is 3.20. The van der Waals surface area contributed by atoms with Crippen LogP contribution in [0.25, 0.3) is 22.3 Å². The van der Waals surface area contributed by atoms with E-state index in [-0.39, 0.29) is 5.41 Å². The molecular weight excluding hydrogens is 458 g/mol. The number of nitrogens with zero attached hydrogens (tertiary/aromatic N) is 1. The summed E-state index contributed by atoms with van der Waals surface area (Å²) in [5, 5.41) is 0. The predicted molar refractivity (Wildman–Crippen MR) is 164 cm³/mol. The Morgan fingerprint density at radius 3 is 2.08 bits per heavy atom. The van der Waals surface area contributed by atoms with E-state index in [0.717, 1.165) is 24.2 Å². The van der Waals surface area contributed by atoms with Gasteiger partial charge in [-0.2, -0.15) is 0 Å². The Morgan fingerprint density at radius 1 is 0.737 bits per heavy atom. The monoisotopic (exact) mass is 493 g/mol. The molecule has 0 atom stereocenters. The fourth-order valence-corrected chi connectivity index (χ4v) is 5.95. The Bertz CT molecular complexity index is 1580. The Labute approximate surface area is 227 Å². The molecule has 0 heterocycles. The smallest absolute Gasteiger partial charge is 0.0465 e. The highest BCUT2D eigenvalue weighted by molar-refractivity contribution is 5.86. The summed E-state index contributed by atoms with van der Waals surface area (Å²) in [5.41, 5.74) is 14.1. The number of hydrogen-bond donors (Lipinski definition) is 0. The van der Waals surface area contributed by atoms with E-state index in [4.69, 9.17) is 0 Å². The lowest BCUT2D eigenvalue weighted by molar-refractivity contribution is 0.660. The van der Waals surface area contributed by atoms with Gasteiger partial charge >= 0.3 is 0 Å². The Balaban J connectivity index is 1.46. The number of hydrogen-bond acceptors (Lipinski definition) is 1. The quantitative estimate of drug-likeness (QED) is 0.267. The summed E-state index contributed by atoms with van der Waals surface area (Å²) in [4.78, 5) is 2.39. The van der Waals surface area contributed by atoms with Gasteiger partial charge in [0.2, 0.25) is 0 Å². The van der Waals surface area contributed by atoms with Gasteiger partial charge in [0, 0.05) is 22.5 Å². The van der Waals surface area contributed by atoms with Crippen molar-refractivity contribution in [1.82, 2.24) is 0 Å².